The number of hydrogen-bond acceptors (Lipinski definition) is 4. The molecule has 0 amide bonds. The number of furan rings is 2. The molecule has 0 N–H and O–H groups in total. The van der Waals surface area contributed by atoms with E-state index in [1.54, 1.807) is 0 Å². The van der Waals surface area contributed by atoms with E-state index in [1.807, 2.05) is 24.3 Å². The van der Waals surface area contributed by atoms with E-state index in [0.29, 0.717) is 5.82 Å². The summed E-state index contributed by atoms with van der Waals surface area (Å²) < 4.78 is 13.1. The molecule has 12 aromatic rings. The van der Waals surface area contributed by atoms with Gasteiger partial charge in [-0.1, -0.05) is 135 Å². The Balaban J connectivity index is 1.08. The van der Waals surface area contributed by atoms with E-state index in [2.05, 4.69) is 159 Å². The first-order chi connectivity index (χ1) is 29.0. The zero-order valence-corrected chi connectivity index (χ0v) is 32.4. The van der Waals surface area contributed by atoms with Crippen LogP contribution >= 0.6 is 0 Å². The lowest BCUT2D eigenvalue weighted by molar-refractivity contribution is 0.661. The molecule has 59 heavy (non-hydrogen) atoms. The van der Waals surface area contributed by atoms with E-state index in [4.69, 9.17) is 18.8 Å². The average molecular weight is 755 g/mol. The Hall–Kier alpha value is -7.56. The predicted octanol–water partition coefficient (Wildman–Crippen LogP) is 15.0. The molecular formula is C55H34N2O2. The summed E-state index contributed by atoms with van der Waals surface area (Å²) in [6.45, 7) is 4.70. The lowest BCUT2D eigenvalue weighted by Gasteiger charge is -2.22. The summed E-state index contributed by atoms with van der Waals surface area (Å²) in [5.74, 6) is 0.635. The maximum absolute atomic E-state index is 6.57. The van der Waals surface area contributed by atoms with Crippen LogP contribution in [0.15, 0.2) is 179 Å². The van der Waals surface area contributed by atoms with Crippen molar-refractivity contribution in [3.8, 4) is 45.0 Å². The van der Waals surface area contributed by atoms with Crippen LogP contribution in [0, 0.1) is 0 Å². The van der Waals surface area contributed by atoms with Crippen LogP contribution in [0.25, 0.3) is 121 Å². The number of aromatic nitrogens is 2. The average Bonchev–Trinajstić information content (AvgIpc) is 3.93. The summed E-state index contributed by atoms with van der Waals surface area (Å²) in [6.07, 6.45) is 0. The summed E-state index contributed by atoms with van der Waals surface area (Å²) in [7, 11) is 0. The van der Waals surface area contributed by atoms with Gasteiger partial charge in [0.25, 0.3) is 0 Å². The molecule has 3 heterocycles. The highest BCUT2D eigenvalue weighted by molar-refractivity contribution is 6.26. The maximum atomic E-state index is 6.57. The smallest absolute Gasteiger partial charge is 0.160 e. The van der Waals surface area contributed by atoms with Gasteiger partial charge in [-0.2, -0.15) is 0 Å². The Morgan fingerprint density at radius 3 is 1.49 bits per heavy atom. The molecule has 0 aliphatic heterocycles. The first-order valence-electron chi connectivity index (χ1n) is 20.2. The van der Waals surface area contributed by atoms with Gasteiger partial charge in [-0.25, -0.2) is 9.97 Å². The van der Waals surface area contributed by atoms with Gasteiger partial charge in [0, 0.05) is 43.7 Å². The van der Waals surface area contributed by atoms with Gasteiger partial charge in [-0.3, -0.25) is 0 Å². The molecular weight excluding hydrogens is 721 g/mol. The van der Waals surface area contributed by atoms with Gasteiger partial charge in [-0.15, -0.1) is 0 Å². The van der Waals surface area contributed by atoms with Crippen LogP contribution in [0.1, 0.15) is 25.0 Å². The predicted molar refractivity (Wildman–Crippen MR) is 243 cm³/mol. The fraction of sp³-hybridized carbons (Fsp3) is 0.0545. The molecule has 3 aromatic heterocycles. The minimum Gasteiger partial charge on any atom is -0.455 e. The topological polar surface area (TPSA) is 52.1 Å². The summed E-state index contributed by atoms with van der Waals surface area (Å²) in [5, 5.41) is 11.6. The molecule has 0 fully saturated rings. The largest absolute Gasteiger partial charge is 0.455 e. The number of benzene rings is 9. The van der Waals surface area contributed by atoms with Crippen LogP contribution in [-0.4, -0.2) is 9.97 Å². The molecule has 276 valence electrons. The molecule has 1 aliphatic rings. The molecule has 1 aliphatic carbocycles. The summed E-state index contributed by atoms with van der Waals surface area (Å²) >= 11 is 0. The fourth-order valence-electron chi connectivity index (χ4n) is 10.0. The Morgan fingerprint density at radius 1 is 0.356 bits per heavy atom. The van der Waals surface area contributed by atoms with Crippen molar-refractivity contribution in [1.82, 2.24) is 9.97 Å². The Morgan fingerprint density at radius 2 is 0.847 bits per heavy atom. The minimum absolute atomic E-state index is 0.103. The third kappa shape index (κ3) is 4.54. The van der Waals surface area contributed by atoms with Crippen molar-refractivity contribution in [2.24, 2.45) is 0 Å². The number of nitrogens with zero attached hydrogens (tertiary/aromatic N) is 2. The van der Waals surface area contributed by atoms with E-state index in [9.17, 15) is 0 Å². The fourth-order valence-corrected chi connectivity index (χ4v) is 10.0. The summed E-state index contributed by atoms with van der Waals surface area (Å²) in [4.78, 5) is 10.8. The third-order valence-electron chi connectivity index (χ3n) is 12.9. The van der Waals surface area contributed by atoms with Crippen molar-refractivity contribution in [3.63, 3.8) is 0 Å². The first-order valence-corrected chi connectivity index (χ1v) is 20.2. The molecule has 13 rings (SSSR count). The van der Waals surface area contributed by atoms with Crippen molar-refractivity contribution in [2.45, 2.75) is 19.3 Å². The molecule has 4 nitrogen and oxygen atoms in total. The van der Waals surface area contributed by atoms with Gasteiger partial charge in [0.15, 0.2) is 5.82 Å². The molecule has 0 atom stereocenters. The van der Waals surface area contributed by atoms with Gasteiger partial charge in [0.05, 0.1) is 11.4 Å². The molecule has 9 aromatic carbocycles. The number of para-hydroxylation sites is 4. The van der Waals surface area contributed by atoms with E-state index >= 15 is 0 Å². The quantitative estimate of drug-likeness (QED) is 0.169. The number of fused-ring (bicyclic) bond motifs is 15. The van der Waals surface area contributed by atoms with Gasteiger partial charge >= 0.3 is 0 Å². The molecule has 0 radical (unpaired) electrons. The monoisotopic (exact) mass is 754 g/mol. The lowest BCUT2D eigenvalue weighted by atomic mass is 9.81. The van der Waals surface area contributed by atoms with Crippen molar-refractivity contribution >= 4 is 76.2 Å². The molecule has 0 spiro atoms. The second-order valence-corrected chi connectivity index (χ2v) is 16.4. The van der Waals surface area contributed by atoms with Crippen LogP contribution in [0.4, 0.5) is 0 Å². The van der Waals surface area contributed by atoms with Crippen molar-refractivity contribution in [1.29, 1.82) is 0 Å². The molecule has 4 heteroatoms. The third-order valence-corrected chi connectivity index (χ3v) is 12.9. The molecule has 0 saturated heterocycles. The van der Waals surface area contributed by atoms with Crippen molar-refractivity contribution in [2.75, 3.05) is 0 Å². The molecule has 0 bridgehead atoms. The van der Waals surface area contributed by atoms with E-state index in [-0.39, 0.29) is 5.41 Å². The first kappa shape index (κ1) is 32.5. The highest BCUT2D eigenvalue weighted by Gasteiger charge is 2.35. The maximum Gasteiger partial charge on any atom is 0.160 e. The van der Waals surface area contributed by atoms with Crippen LogP contribution in [0.3, 0.4) is 0 Å². The summed E-state index contributed by atoms with van der Waals surface area (Å²) in [5.41, 5.74) is 12.9. The van der Waals surface area contributed by atoms with E-state index in [1.165, 1.54) is 54.6 Å². The molecule has 0 unspecified atom stereocenters. The highest BCUT2D eigenvalue weighted by Crippen LogP contribution is 2.51. The van der Waals surface area contributed by atoms with E-state index in [0.717, 1.165) is 72.0 Å². The van der Waals surface area contributed by atoms with Crippen molar-refractivity contribution in [3.05, 3.63) is 181 Å². The Labute approximate surface area is 339 Å². The Bertz CT molecular complexity index is 3640. The van der Waals surface area contributed by atoms with Gasteiger partial charge < -0.3 is 8.83 Å². The second kappa shape index (κ2) is 11.7. The van der Waals surface area contributed by atoms with Gasteiger partial charge in [0.2, 0.25) is 0 Å². The minimum atomic E-state index is -0.103. The Kier molecular flexibility index (Phi) is 6.48. The highest BCUT2D eigenvalue weighted by atomic mass is 16.3. The number of hydrogen-bond donors (Lipinski definition) is 0. The van der Waals surface area contributed by atoms with Crippen molar-refractivity contribution < 1.29 is 8.83 Å². The van der Waals surface area contributed by atoms with Crippen LogP contribution in [0.2, 0.25) is 0 Å². The second-order valence-electron chi connectivity index (χ2n) is 16.4. The van der Waals surface area contributed by atoms with Crippen LogP contribution < -0.4 is 0 Å². The number of rotatable bonds is 3. The van der Waals surface area contributed by atoms with Crippen LogP contribution in [-0.2, 0) is 5.41 Å². The zero-order chi connectivity index (χ0) is 39.0. The lowest BCUT2D eigenvalue weighted by Crippen LogP contribution is -2.14. The van der Waals surface area contributed by atoms with Crippen LogP contribution in [0.5, 0.6) is 0 Å². The normalized spacial score (nSPS) is 13.4. The van der Waals surface area contributed by atoms with E-state index < -0.39 is 0 Å². The van der Waals surface area contributed by atoms with Gasteiger partial charge in [-0.05, 0) is 103 Å². The SMILES string of the molecule is CC1(C)c2ccccc2-c2cc3c4ccccc4c4cc(-c5nc(-c6cccc7c6oc6ccccc67)cc(-c6cccc7c6oc6ccccc67)n5)ccc4c3cc21. The molecule has 0 saturated carbocycles. The zero-order valence-electron chi connectivity index (χ0n) is 32.4. The summed E-state index contributed by atoms with van der Waals surface area (Å²) in [6, 6.07) is 60.4. The van der Waals surface area contributed by atoms with Gasteiger partial charge in [0.1, 0.15) is 22.3 Å². The standard InChI is InChI=1S/C55H34N2O2/c1-55(2)46-22-8-5-15-35(46)45-28-43-33-14-4-3-13-32(33)42-27-31(25-26-34(42)44(43)29-47(45)55)54-56-48(40-20-11-18-38-36-16-6-9-23-50(36)58-52(38)40)30-49(57-54)41-21-12-19-39-37-17-7-10-24-51(37)59-53(39)41/h3-30H,1-2H3.